The Morgan fingerprint density at radius 2 is 1.97 bits per heavy atom. The van der Waals surface area contributed by atoms with Crippen molar-refractivity contribution in [3.05, 3.63) is 78.1 Å². The van der Waals surface area contributed by atoms with Gasteiger partial charge in [0.25, 0.3) is 5.91 Å². The van der Waals surface area contributed by atoms with E-state index in [0.29, 0.717) is 23.3 Å². The highest BCUT2D eigenvalue weighted by atomic mass is 19.1. The minimum atomic E-state index is -1.01. The van der Waals surface area contributed by atoms with Crippen LogP contribution in [0.4, 0.5) is 14.5 Å². The number of hydrogen-bond donors (Lipinski definition) is 2. The van der Waals surface area contributed by atoms with Crippen LogP contribution in [0.3, 0.4) is 0 Å². The van der Waals surface area contributed by atoms with Gasteiger partial charge in [0.1, 0.15) is 18.0 Å². The van der Waals surface area contributed by atoms with Gasteiger partial charge < -0.3 is 15.0 Å². The lowest BCUT2D eigenvalue weighted by atomic mass is 10.1. The standard InChI is InChI=1S/C22H20F2N6O2/c1-13(2)29-12-26-28-21(29)14-4-3-5-15(6-14)27-22(32)17-7-20(19(24)8-18(17)23)30-11-25-9-16(30)10-31/h3-9,11-13,31H,10H2,1-2H3,(H,27,32). The molecule has 0 saturated carbocycles. The van der Waals surface area contributed by atoms with E-state index in [2.05, 4.69) is 20.5 Å². The summed E-state index contributed by atoms with van der Waals surface area (Å²) in [6.07, 6.45) is 4.25. The zero-order valence-electron chi connectivity index (χ0n) is 17.3. The highest BCUT2D eigenvalue weighted by Crippen LogP contribution is 2.25. The smallest absolute Gasteiger partial charge is 0.258 e. The molecule has 0 unspecified atom stereocenters. The van der Waals surface area contributed by atoms with Crippen LogP contribution in [0.5, 0.6) is 0 Å². The number of aliphatic hydroxyl groups is 1. The maximum atomic E-state index is 14.5. The summed E-state index contributed by atoms with van der Waals surface area (Å²) in [5.41, 5.74) is 0.977. The SMILES string of the molecule is CC(C)n1cnnc1-c1cccc(NC(=O)c2cc(-n3cncc3CO)c(F)cc2F)c1. The minimum absolute atomic E-state index is 0.100. The van der Waals surface area contributed by atoms with Gasteiger partial charge in [-0.2, -0.15) is 0 Å². The lowest BCUT2D eigenvalue weighted by Gasteiger charge is -2.13. The van der Waals surface area contributed by atoms with Gasteiger partial charge in [-0.05, 0) is 32.0 Å². The molecule has 164 valence electrons. The summed E-state index contributed by atoms with van der Waals surface area (Å²) >= 11 is 0. The molecule has 0 atom stereocenters. The quantitative estimate of drug-likeness (QED) is 0.478. The third-order valence-electron chi connectivity index (χ3n) is 4.93. The van der Waals surface area contributed by atoms with Crippen LogP contribution in [-0.4, -0.2) is 35.3 Å². The predicted molar refractivity (Wildman–Crippen MR) is 113 cm³/mol. The molecular formula is C22H20F2N6O2. The Labute approximate surface area is 182 Å². The number of carbonyl (C=O) groups excluding carboxylic acids is 1. The number of amides is 1. The van der Waals surface area contributed by atoms with Crippen LogP contribution in [0, 0.1) is 11.6 Å². The van der Waals surface area contributed by atoms with Crippen molar-refractivity contribution in [3.8, 4) is 17.1 Å². The van der Waals surface area contributed by atoms with Crippen LogP contribution in [0.15, 0.2) is 55.2 Å². The van der Waals surface area contributed by atoms with E-state index in [1.807, 2.05) is 24.5 Å². The zero-order valence-corrected chi connectivity index (χ0v) is 17.3. The first-order valence-electron chi connectivity index (χ1n) is 9.81. The van der Waals surface area contributed by atoms with Crippen molar-refractivity contribution in [2.24, 2.45) is 0 Å². The summed E-state index contributed by atoms with van der Waals surface area (Å²) < 4.78 is 32.0. The Morgan fingerprint density at radius 3 is 2.72 bits per heavy atom. The molecule has 4 rings (SSSR count). The molecule has 0 saturated heterocycles. The van der Waals surface area contributed by atoms with Crippen LogP contribution in [-0.2, 0) is 6.61 Å². The van der Waals surface area contributed by atoms with Crippen molar-refractivity contribution < 1.29 is 18.7 Å². The lowest BCUT2D eigenvalue weighted by molar-refractivity contribution is 0.102. The average molecular weight is 438 g/mol. The number of nitrogens with zero attached hydrogens (tertiary/aromatic N) is 5. The molecular weight excluding hydrogens is 418 g/mol. The van der Waals surface area contributed by atoms with E-state index in [4.69, 9.17) is 0 Å². The molecule has 2 aromatic carbocycles. The van der Waals surface area contributed by atoms with Crippen molar-refractivity contribution in [1.82, 2.24) is 24.3 Å². The summed E-state index contributed by atoms with van der Waals surface area (Å²) in [4.78, 5) is 16.7. The molecule has 8 nitrogen and oxygen atoms in total. The Bertz CT molecular complexity index is 1280. The molecule has 1 amide bonds. The van der Waals surface area contributed by atoms with Crippen LogP contribution < -0.4 is 5.32 Å². The number of benzene rings is 2. The van der Waals surface area contributed by atoms with Gasteiger partial charge in [0.2, 0.25) is 0 Å². The van der Waals surface area contributed by atoms with Gasteiger partial charge in [-0.15, -0.1) is 10.2 Å². The Hall–Kier alpha value is -3.92. The van der Waals surface area contributed by atoms with Gasteiger partial charge in [-0.3, -0.25) is 9.36 Å². The van der Waals surface area contributed by atoms with Crippen LogP contribution in [0.2, 0.25) is 0 Å². The summed E-state index contributed by atoms with van der Waals surface area (Å²) in [5, 5.41) is 20.1. The fourth-order valence-corrected chi connectivity index (χ4v) is 3.31. The second-order valence-electron chi connectivity index (χ2n) is 7.39. The third kappa shape index (κ3) is 4.00. The Balaban J connectivity index is 1.65. The van der Waals surface area contributed by atoms with Crippen LogP contribution >= 0.6 is 0 Å². The minimum Gasteiger partial charge on any atom is -0.390 e. The van der Waals surface area contributed by atoms with E-state index in [9.17, 15) is 18.7 Å². The highest BCUT2D eigenvalue weighted by molar-refractivity contribution is 6.05. The van der Waals surface area contributed by atoms with E-state index in [1.54, 1.807) is 24.5 Å². The monoisotopic (exact) mass is 438 g/mol. The first kappa shape index (κ1) is 21.3. The fourth-order valence-electron chi connectivity index (χ4n) is 3.31. The molecule has 0 radical (unpaired) electrons. The number of aliphatic hydroxyl groups excluding tert-OH is 1. The average Bonchev–Trinajstić information content (AvgIpc) is 3.43. The van der Waals surface area contributed by atoms with Gasteiger partial charge in [0.15, 0.2) is 5.82 Å². The molecule has 10 heteroatoms. The normalized spacial score (nSPS) is 11.2. The van der Waals surface area contributed by atoms with Gasteiger partial charge in [0, 0.05) is 23.4 Å². The van der Waals surface area contributed by atoms with Crippen molar-refractivity contribution in [3.63, 3.8) is 0 Å². The molecule has 2 N–H and O–H groups in total. The predicted octanol–water partition coefficient (Wildman–Crippen LogP) is 3.73. The van der Waals surface area contributed by atoms with E-state index in [-0.39, 0.29) is 17.3 Å². The number of hydrogen-bond acceptors (Lipinski definition) is 5. The largest absolute Gasteiger partial charge is 0.390 e. The number of halogens is 2. The van der Waals surface area contributed by atoms with Crippen molar-refractivity contribution in [2.45, 2.75) is 26.5 Å². The maximum Gasteiger partial charge on any atom is 0.258 e. The summed E-state index contributed by atoms with van der Waals surface area (Å²) in [5.74, 6) is -2.02. The number of carbonyl (C=O) groups is 1. The number of imidazole rings is 1. The first-order chi connectivity index (χ1) is 15.4. The zero-order chi connectivity index (χ0) is 22.8. The molecule has 4 aromatic rings. The second-order valence-corrected chi connectivity index (χ2v) is 7.39. The van der Waals surface area contributed by atoms with Crippen molar-refractivity contribution in [2.75, 3.05) is 5.32 Å². The number of aromatic nitrogens is 5. The Morgan fingerprint density at radius 1 is 1.16 bits per heavy atom. The van der Waals surface area contributed by atoms with E-state index in [1.165, 1.54) is 17.1 Å². The van der Waals surface area contributed by atoms with Crippen molar-refractivity contribution >= 4 is 11.6 Å². The second kappa shape index (κ2) is 8.67. The third-order valence-corrected chi connectivity index (χ3v) is 4.93. The van der Waals surface area contributed by atoms with E-state index in [0.717, 1.165) is 11.6 Å². The molecule has 0 aliphatic heterocycles. The molecule has 2 aromatic heterocycles. The summed E-state index contributed by atoms with van der Waals surface area (Å²) in [7, 11) is 0. The number of rotatable bonds is 6. The van der Waals surface area contributed by atoms with Gasteiger partial charge in [-0.1, -0.05) is 12.1 Å². The molecule has 0 spiro atoms. The number of anilines is 1. The van der Waals surface area contributed by atoms with Crippen molar-refractivity contribution in [1.29, 1.82) is 0 Å². The Kier molecular flexibility index (Phi) is 5.78. The first-order valence-corrected chi connectivity index (χ1v) is 9.81. The van der Waals surface area contributed by atoms with E-state index < -0.39 is 24.1 Å². The molecule has 0 bridgehead atoms. The van der Waals surface area contributed by atoms with Gasteiger partial charge >= 0.3 is 0 Å². The number of nitrogens with one attached hydrogen (secondary N) is 1. The molecule has 0 fully saturated rings. The molecule has 2 heterocycles. The molecule has 32 heavy (non-hydrogen) atoms. The summed E-state index contributed by atoms with van der Waals surface area (Å²) in [6, 6.07) is 8.76. The van der Waals surface area contributed by atoms with Gasteiger partial charge in [-0.25, -0.2) is 13.8 Å². The summed E-state index contributed by atoms with van der Waals surface area (Å²) in [6.45, 7) is 3.60. The maximum absolute atomic E-state index is 14.5. The fraction of sp³-hybridized carbons (Fsp3) is 0.182. The van der Waals surface area contributed by atoms with Crippen LogP contribution in [0.1, 0.15) is 35.9 Å². The topological polar surface area (TPSA) is 97.9 Å². The van der Waals surface area contributed by atoms with Crippen LogP contribution in [0.25, 0.3) is 17.1 Å². The molecule has 0 aliphatic rings. The van der Waals surface area contributed by atoms with E-state index >= 15 is 0 Å². The van der Waals surface area contributed by atoms with Gasteiger partial charge in [0.05, 0.1) is 36.1 Å². The lowest BCUT2D eigenvalue weighted by Crippen LogP contribution is -2.15. The molecule has 0 aliphatic carbocycles. The highest BCUT2D eigenvalue weighted by Gasteiger charge is 2.19.